The van der Waals surface area contributed by atoms with Crippen LogP contribution in [0.1, 0.15) is 23.7 Å². The van der Waals surface area contributed by atoms with Crippen LogP contribution in [0.3, 0.4) is 0 Å². The third-order valence-corrected chi connectivity index (χ3v) is 4.14. The Balaban J connectivity index is 1.68. The molecule has 2 aromatic carbocycles. The lowest BCUT2D eigenvalue weighted by atomic mass is 10.0. The van der Waals surface area contributed by atoms with Gasteiger partial charge in [-0.3, -0.25) is 9.78 Å². The highest BCUT2D eigenvalue weighted by atomic mass is 16.5. The maximum absolute atomic E-state index is 12.4. The first-order valence-corrected chi connectivity index (χ1v) is 9.15. The molecule has 7 nitrogen and oxygen atoms in total. The van der Waals surface area contributed by atoms with E-state index in [-0.39, 0.29) is 12.3 Å². The Morgan fingerprint density at radius 3 is 2.45 bits per heavy atom. The van der Waals surface area contributed by atoms with Gasteiger partial charge in [-0.15, -0.1) is 0 Å². The Morgan fingerprint density at radius 1 is 0.966 bits per heavy atom. The number of amides is 3. The van der Waals surface area contributed by atoms with Crippen molar-refractivity contribution >= 4 is 11.9 Å². The normalized spacial score (nSPS) is 11.3. The summed E-state index contributed by atoms with van der Waals surface area (Å²) in [6, 6.07) is 20.7. The third-order valence-electron chi connectivity index (χ3n) is 4.14. The number of urea groups is 1. The molecule has 0 saturated heterocycles. The highest BCUT2D eigenvalue weighted by molar-refractivity contribution is 5.78. The number of nitrogens with two attached hydrogens (primary N) is 1. The van der Waals surface area contributed by atoms with Crippen molar-refractivity contribution in [1.82, 2.24) is 15.6 Å². The maximum atomic E-state index is 12.4. The smallest absolute Gasteiger partial charge is 0.312 e. The molecular weight excluding hydrogens is 368 g/mol. The van der Waals surface area contributed by atoms with Gasteiger partial charge in [0, 0.05) is 6.20 Å². The quantitative estimate of drug-likeness (QED) is 0.549. The van der Waals surface area contributed by atoms with Gasteiger partial charge in [0.25, 0.3) is 0 Å². The number of hydrogen-bond acceptors (Lipinski definition) is 4. The molecule has 0 unspecified atom stereocenters. The summed E-state index contributed by atoms with van der Waals surface area (Å²) >= 11 is 0. The molecule has 1 atom stereocenters. The zero-order chi connectivity index (χ0) is 20.5. The molecule has 7 heteroatoms. The molecule has 3 aromatic rings. The minimum absolute atomic E-state index is 0.0323. The number of carbonyl (C=O) groups excluding carboxylic acids is 2. The minimum Gasteiger partial charge on any atom is -0.457 e. The van der Waals surface area contributed by atoms with E-state index in [0.29, 0.717) is 23.6 Å². The van der Waals surface area contributed by atoms with Gasteiger partial charge in [0.15, 0.2) is 0 Å². The number of ether oxygens (including phenoxy) is 1. The molecule has 0 aliphatic carbocycles. The van der Waals surface area contributed by atoms with E-state index in [1.54, 1.807) is 24.4 Å². The average Bonchev–Trinajstić information content (AvgIpc) is 2.73. The maximum Gasteiger partial charge on any atom is 0.312 e. The number of nitrogens with zero attached hydrogens (tertiary/aromatic N) is 1. The fraction of sp³-hybridized carbons (Fsp3) is 0.136. The van der Waals surface area contributed by atoms with Crippen molar-refractivity contribution in [3.8, 4) is 11.5 Å². The van der Waals surface area contributed by atoms with Crippen molar-refractivity contribution < 1.29 is 14.3 Å². The van der Waals surface area contributed by atoms with Crippen LogP contribution in [0.15, 0.2) is 79.0 Å². The fourth-order valence-corrected chi connectivity index (χ4v) is 2.79. The van der Waals surface area contributed by atoms with Crippen molar-refractivity contribution in [2.45, 2.75) is 19.0 Å². The van der Waals surface area contributed by atoms with Gasteiger partial charge in [0.05, 0.1) is 24.7 Å². The van der Waals surface area contributed by atoms with Crippen LogP contribution in [-0.4, -0.2) is 16.9 Å². The average molecular weight is 390 g/mol. The standard InChI is InChI=1S/C22H22N4O3/c23-22(28)26-20(14-21(27)25-15-17-8-4-5-12-24-17)16-7-6-11-19(13-16)29-18-9-2-1-3-10-18/h1-13,20H,14-15H2,(H,25,27)(H3,23,26,28)/t20-/m0/s1. The summed E-state index contributed by atoms with van der Waals surface area (Å²) < 4.78 is 5.83. The number of nitrogens with one attached hydrogen (secondary N) is 2. The number of primary amides is 1. The lowest BCUT2D eigenvalue weighted by Gasteiger charge is -2.18. The van der Waals surface area contributed by atoms with Crippen molar-refractivity contribution in [1.29, 1.82) is 0 Å². The van der Waals surface area contributed by atoms with Crippen molar-refractivity contribution in [2.24, 2.45) is 5.73 Å². The molecule has 29 heavy (non-hydrogen) atoms. The molecule has 1 heterocycles. The predicted molar refractivity (Wildman–Crippen MR) is 109 cm³/mol. The third kappa shape index (κ3) is 6.35. The first-order chi connectivity index (χ1) is 14.1. The summed E-state index contributed by atoms with van der Waals surface area (Å²) in [6.07, 6.45) is 1.70. The number of carbonyl (C=O) groups is 2. The van der Waals surface area contributed by atoms with Gasteiger partial charge in [-0.05, 0) is 42.0 Å². The van der Waals surface area contributed by atoms with Gasteiger partial charge in [-0.1, -0.05) is 36.4 Å². The zero-order valence-corrected chi connectivity index (χ0v) is 15.7. The molecule has 0 saturated carbocycles. The molecule has 0 bridgehead atoms. The minimum atomic E-state index is -0.707. The molecule has 0 fully saturated rings. The van der Waals surface area contributed by atoms with E-state index in [0.717, 1.165) is 5.69 Å². The number of rotatable bonds is 8. The Labute approximate surface area is 168 Å². The van der Waals surface area contributed by atoms with Gasteiger partial charge >= 0.3 is 6.03 Å². The number of pyridine rings is 1. The Morgan fingerprint density at radius 2 is 1.72 bits per heavy atom. The molecule has 4 N–H and O–H groups in total. The molecule has 148 valence electrons. The number of para-hydroxylation sites is 1. The summed E-state index contributed by atoms with van der Waals surface area (Å²) in [4.78, 5) is 28.0. The zero-order valence-electron chi connectivity index (χ0n) is 15.7. The van der Waals surface area contributed by atoms with E-state index >= 15 is 0 Å². The summed E-state index contributed by atoms with van der Waals surface area (Å²) in [5.74, 6) is 1.06. The first kappa shape index (κ1) is 19.9. The van der Waals surface area contributed by atoms with Gasteiger partial charge in [-0.2, -0.15) is 0 Å². The van der Waals surface area contributed by atoms with E-state index in [4.69, 9.17) is 10.5 Å². The number of aromatic nitrogens is 1. The molecule has 0 radical (unpaired) electrons. The molecule has 0 spiro atoms. The van der Waals surface area contributed by atoms with Gasteiger partial charge in [-0.25, -0.2) is 4.79 Å². The van der Waals surface area contributed by atoms with Crippen LogP contribution < -0.4 is 21.1 Å². The first-order valence-electron chi connectivity index (χ1n) is 9.15. The Bertz CT molecular complexity index is 949. The molecule has 3 amide bonds. The summed E-state index contributed by atoms with van der Waals surface area (Å²) in [5.41, 5.74) is 6.77. The van der Waals surface area contributed by atoms with Gasteiger partial charge < -0.3 is 21.1 Å². The van der Waals surface area contributed by atoms with Crippen LogP contribution in [0.5, 0.6) is 11.5 Å². The van der Waals surface area contributed by atoms with Crippen LogP contribution in [0, 0.1) is 0 Å². The van der Waals surface area contributed by atoms with Crippen LogP contribution in [-0.2, 0) is 11.3 Å². The second kappa shape index (κ2) is 9.89. The SMILES string of the molecule is NC(=O)N[C@@H](CC(=O)NCc1ccccn1)c1cccc(Oc2ccccc2)c1. The van der Waals surface area contributed by atoms with Crippen molar-refractivity contribution in [3.05, 3.63) is 90.3 Å². The highest BCUT2D eigenvalue weighted by Crippen LogP contribution is 2.26. The van der Waals surface area contributed by atoms with E-state index < -0.39 is 12.1 Å². The Kier molecular flexibility index (Phi) is 6.78. The molecular formula is C22H22N4O3. The van der Waals surface area contributed by atoms with Crippen molar-refractivity contribution in [3.63, 3.8) is 0 Å². The lowest BCUT2D eigenvalue weighted by Crippen LogP contribution is -2.36. The molecule has 0 aliphatic heterocycles. The van der Waals surface area contributed by atoms with E-state index in [2.05, 4.69) is 15.6 Å². The van der Waals surface area contributed by atoms with Crippen LogP contribution >= 0.6 is 0 Å². The van der Waals surface area contributed by atoms with E-state index in [1.165, 1.54) is 0 Å². The van der Waals surface area contributed by atoms with Crippen LogP contribution in [0.25, 0.3) is 0 Å². The van der Waals surface area contributed by atoms with Crippen LogP contribution in [0.2, 0.25) is 0 Å². The van der Waals surface area contributed by atoms with Gasteiger partial charge in [0.2, 0.25) is 5.91 Å². The van der Waals surface area contributed by atoms with E-state index in [9.17, 15) is 9.59 Å². The van der Waals surface area contributed by atoms with Crippen molar-refractivity contribution in [2.75, 3.05) is 0 Å². The molecule has 0 aliphatic rings. The van der Waals surface area contributed by atoms with E-state index in [1.807, 2.05) is 54.6 Å². The Hall–Kier alpha value is -3.87. The summed E-state index contributed by atoms with van der Waals surface area (Å²) in [6.45, 7) is 0.306. The second-order valence-corrected chi connectivity index (χ2v) is 6.35. The highest BCUT2D eigenvalue weighted by Gasteiger charge is 2.18. The topological polar surface area (TPSA) is 106 Å². The van der Waals surface area contributed by atoms with Crippen LogP contribution in [0.4, 0.5) is 4.79 Å². The monoisotopic (exact) mass is 390 g/mol. The molecule has 3 rings (SSSR count). The lowest BCUT2D eigenvalue weighted by molar-refractivity contribution is -0.121. The predicted octanol–water partition coefficient (Wildman–Crippen LogP) is 3.29. The second-order valence-electron chi connectivity index (χ2n) is 6.35. The summed E-state index contributed by atoms with van der Waals surface area (Å²) in [7, 11) is 0. The number of hydrogen-bond donors (Lipinski definition) is 3. The number of benzene rings is 2. The fourth-order valence-electron chi connectivity index (χ4n) is 2.79. The largest absolute Gasteiger partial charge is 0.457 e. The molecule has 1 aromatic heterocycles. The summed E-state index contributed by atoms with van der Waals surface area (Å²) in [5, 5.41) is 5.43. The van der Waals surface area contributed by atoms with Gasteiger partial charge in [0.1, 0.15) is 11.5 Å².